The van der Waals surface area contributed by atoms with Gasteiger partial charge in [-0.2, -0.15) is 0 Å². The van der Waals surface area contributed by atoms with E-state index in [2.05, 4.69) is 0 Å². The number of non-ortho nitro benzene ring substituents is 1. The van der Waals surface area contributed by atoms with Gasteiger partial charge in [-0.25, -0.2) is 4.90 Å². The summed E-state index contributed by atoms with van der Waals surface area (Å²) >= 11 is 5.80. The van der Waals surface area contributed by atoms with Gasteiger partial charge in [0.15, 0.2) is 12.4 Å². The quantitative estimate of drug-likeness (QED) is 0.344. The van der Waals surface area contributed by atoms with Crippen LogP contribution in [-0.2, 0) is 9.59 Å². The van der Waals surface area contributed by atoms with Crippen LogP contribution in [-0.4, -0.2) is 29.1 Å². The minimum Gasteiger partial charge on any atom is -0.479 e. The lowest BCUT2D eigenvalue weighted by Crippen LogP contribution is -2.34. The van der Waals surface area contributed by atoms with Crippen molar-refractivity contribution in [2.45, 2.75) is 12.5 Å². The number of imide groups is 1. The Labute approximate surface area is 152 Å². The number of hydrogen-bond donors (Lipinski definition) is 0. The van der Waals surface area contributed by atoms with Crippen LogP contribution in [0.3, 0.4) is 0 Å². The molecular weight excluding hydrogens is 364 g/mol. The first-order chi connectivity index (χ1) is 12.4. The highest BCUT2D eigenvalue weighted by molar-refractivity contribution is 6.30. The Hall–Kier alpha value is -3.26. The predicted molar refractivity (Wildman–Crippen MR) is 91.5 cm³/mol. The van der Waals surface area contributed by atoms with E-state index in [-0.39, 0.29) is 23.4 Å². The molecule has 2 aromatic rings. The lowest BCUT2D eigenvalue weighted by atomic mass is 10.2. The summed E-state index contributed by atoms with van der Waals surface area (Å²) in [6.45, 7) is 0. The lowest BCUT2D eigenvalue weighted by molar-refractivity contribution is -0.384. The topological polar surface area (TPSA) is 107 Å². The van der Waals surface area contributed by atoms with E-state index in [0.29, 0.717) is 17.0 Å². The Morgan fingerprint density at radius 2 is 1.88 bits per heavy atom. The molecule has 2 aromatic carbocycles. The summed E-state index contributed by atoms with van der Waals surface area (Å²) in [7, 11) is 0. The van der Waals surface area contributed by atoms with E-state index in [0.717, 1.165) is 17.0 Å². The van der Waals surface area contributed by atoms with Crippen molar-refractivity contribution in [2.24, 2.45) is 0 Å². The zero-order valence-electron chi connectivity index (χ0n) is 13.1. The monoisotopic (exact) mass is 374 g/mol. The van der Waals surface area contributed by atoms with E-state index < -0.39 is 22.8 Å². The molecule has 9 heteroatoms. The molecule has 2 amide bonds. The maximum atomic E-state index is 12.5. The fourth-order valence-corrected chi connectivity index (χ4v) is 2.69. The molecule has 1 aliphatic rings. The molecule has 0 unspecified atom stereocenters. The highest BCUT2D eigenvalue weighted by Crippen LogP contribution is 2.29. The van der Waals surface area contributed by atoms with Crippen LogP contribution >= 0.6 is 11.6 Å². The third kappa shape index (κ3) is 3.27. The van der Waals surface area contributed by atoms with Gasteiger partial charge in [0.05, 0.1) is 22.6 Å². The van der Waals surface area contributed by atoms with Crippen molar-refractivity contribution < 1.29 is 24.0 Å². The van der Waals surface area contributed by atoms with Crippen LogP contribution in [0.5, 0.6) is 5.75 Å². The second-order valence-electron chi connectivity index (χ2n) is 5.45. The third-order valence-corrected chi connectivity index (χ3v) is 4.04. The number of carbonyl (C=O) groups is 3. The number of nitrogens with zero attached hydrogens (tertiary/aromatic N) is 2. The van der Waals surface area contributed by atoms with Crippen LogP contribution in [0.25, 0.3) is 0 Å². The zero-order chi connectivity index (χ0) is 18.8. The molecule has 1 saturated heterocycles. The molecule has 1 heterocycles. The Kier molecular flexibility index (Phi) is 4.68. The zero-order valence-corrected chi connectivity index (χ0v) is 13.9. The summed E-state index contributed by atoms with van der Waals surface area (Å²) in [6.07, 6.45) is -0.949. The molecule has 26 heavy (non-hydrogen) atoms. The summed E-state index contributed by atoms with van der Waals surface area (Å²) in [4.78, 5) is 47.0. The number of carbonyl (C=O) groups excluding carboxylic acids is 3. The molecule has 1 fully saturated rings. The average molecular weight is 375 g/mol. The van der Waals surface area contributed by atoms with Crippen LogP contribution in [0.4, 0.5) is 11.4 Å². The number of nitro groups is 1. The van der Waals surface area contributed by atoms with Crippen LogP contribution in [0.2, 0.25) is 5.02 Å². The Bertz CT molecular complexity index is 912. The molecule has 1 atom stereocenters. The molecule has 0 spiro atoms. The van der Waals surface area contributed by atoms with Gasteiger partial charge in [0.1, 0.15) is 5.75 Å². The molecule has 0 N–H and O–H groups in total. The second-order valence-corrected chi connectivity index (χ2v) is 5.89. The van der Waals surface area contributed by atoms with Crippen molar-refractivity contribution in [2.75, 3.05) is 4.90 Å². The van der Waals surface area contributed by atoms with Gasteiger partial charge < -0.3 is 4.74 Å². The fraction of sp³-hybridized carbons (Fsp3) is 0.118. The minimum atomic E-state index is -1.13. The van der Waals surface area contributed by atoms with Gasteiger partial charge in [-0.1, -0.05) is 11.6 Å². The van der Waals surface area contributed by atoms with E-state index >= 15 is 0 Å². The van der Waals surface area contributed by atoms with Crippen molar-refractivity contribution >= 4 is 41.1 Å². The number of benzene rings is 2. The molecule has 3 rings (SSSR count). The van der Waals surface area contributed by atoms with Crippen LogP contribution in [0.15, 0.2) is 42.5 Å². The first kappa shape index (κ1) is 17.6. The predicted octanol–water partition coefficient (Wildman–Crippen LogP) is 2.77. The number of rotatable bonds is 5. The third-order valence-electron chi connectivity index (χ3n) is 3.79. The first-order valence-corrected chi connectivity index (χ1v) is 7.81. The summed E-state index contributed by atoms with van der Waals surface area (Å²) in [5.41, 5.74) is -0.00438. The molecule has 0 radical (unpaired) electrons. The van der Waals surface area contributed by atoms with Crippen molar-refractivity contribution in [1.82, 2.24) is 0 Å². The van der Waals surface area contributed by atoms with E-state index in [9.17, 15) is 24.5 Å². The lowest BCUT2D eigenvalue weighted by Gasteiger charge is -2.16. The normalized spacial score (nSPS) is 16.7. The largest absolute Gasteiger partial charge is 0.479 e. The number of nitro benzene ring substituents is 1. The minimum absolute atomic E-state index is 0.00490. The fourth-order valence-electron chi connectivity index (χ4n) is 2.56. The number of aldehydes is 1. The van der Waals surface area contributed by atoms with E-state index in [1.54, 1.807) is 12.1 Å². The van der Waals surface area contributed by atoms with Crippen LogP contribution in [0.1, 0.15) is 16.8 Å². The van der Waals surface area contributed by atoms with Crippen molar-refractivity contribution in [3.63, 3.8) is 0 Å². The van der Waals surface area contributed by atoms with Gasteiger partial charge in [-0.15, -0.1) is 0 Å². The van der Waals surface area contributed by atoms with Crippen LogP contribution < -0.4 is 9.64 Å². The summed E-state index contributed by atoms with van der Waals surface area (Å²) < 4.78 is 5.50. The summed E-state index contributed by atoms with van der Waals surface area (Å²) in [5, 5.41) is 11.2. The van der Waals surface area contributed by atoms with E-state index in [4.69, 9.17) is 16.3 Å². The highest BCUT2D eigenvalue weighted by atomic mass is 35.5. The maximum Gasteiger partial charge on any atom is 0.275 e. The molecule has 1 aliphatic heterocycles. The van der Waals surface area contributed by atoms with Gasteiger partial charge in [-0.05, 0) is 30.3 Å². The van der Waals surface area contributed by atoms with Gasteiger partial charge in [0.2, 0.25) is 5.91 Å². The molecule has 132 valence electrons. The van der Waals surface area contributed by atoms with E-state index in [1.807, 2.05) is 0 Å². The Morgan fingerprint density at radius 3 is 2.50 bits per heavy atom. The Morgan fingerprint density at radius 1 is 1.19 bits per heavy atom. The number of ether oxygens (including phenoxy) is 1. The van der Waals surface area contributed by atoms with Gasteiger partial charge in [0.25, 0.3) is 11.6 Å². The number of anilines is 1. The Balaban J connectivity index is 1.84. The van der Waals surface area contributed by atoms with E-state index in [1.165, 1.54) is 18.2 Å². The summed E-state index contributed by atoms with van der Waals surface area (Å²) in [5.74, 6) is -1.06. The number of hydrogen-bond acceptors (Lipinski definition) is 6. The number of amides is 2. The highest BCUT2D eigenvalue weighted by Gasteiger charge is 2.41. The van der Waals surface area contributed by atoms with Crippen LogP contribution in [0, 0.1) is 10.1 Å². The smallest absolute Gasteiger partial charge is 0.275 e. The van der Waals surface area contributed by atoms with Crippen molar-refractivity contribution in [3.8, 4) is 5.75 Å². The van der Waals surface area contributed by atoms with Crippen molar-refractivity contribution in [3.05, 3.63) is 63.2 Å². The van der Waals surface area contributed by atoms with Gasteiger partial charge >= 0.3 is 0 Å². The second kappa shape index (κ2) is 6.93. The van der Waals surface area contributed by atoms with Gasteiger partial charge in [-0.3, -0.25) is 24.5 Å². The molecule has 8 nitrogen and oxygen atoms in total. The van der Waals surface area contributed by atoms with Crippen molar-refractivity contribution in [1.29, 1.82) is 0 Å². The number of halogens is 1. The first-order valence-electron chi connectivity index (χ1n) is 7.43. The SMILES string of the molecule is O=Cc1cc([N+](=O)[O-])ccc1O[C@@H]1CC(=O)N(c2ccc(Cl)cc2)C1=O. The van der Waals surface area contributed by atoms with Gasteiger partial charge in [0, 0.05) is 17.2 Å². The molecule has 0 bridgehead atoms. The summed E-state index contributed by atoms with van der Waals surface area (Å²) in [6, 6.07) is 9.58. The molecule has 0 saturated carbocycles. The molecule has 0 aliphatic carbocycles. The maximum absolute atomic E-state index is 12.5. The molecule has 0 aromatic heterocycles. The standard InChI is InChI=1S/C17H11ClN2O6/c18-11-1-3-12(4-2-11)19-16(22)8-15(17(19)23)26-14-6-5-13(20(24)25)7-10(14)9-21/h1-7,9,15H,8H2/t15-/m1/s1. The average Bonchev–Trinajstić information content (AvgIpc) is 2.89. The molecular formula is C17H11ClN2O6.